The Morgan fingerprint density at radius 2 is 1.84 bits per heavy atom. The van der Waals surface area contributed by atoms with E-state index in [9.17, 15) is 4.79 Å². The topological polar surface area (TPSA) is 59.6 Å². The number of hydrogen-bond donors (Lipinski definition) is 2. The quantitative estimate of drug-likeness (QED) is 0.801. The summed E-state index contributed by atoms with van der Waals surface area (Å²) >= 11 is 0. The number of nitrogens with one attached hydrogen (secondary N) is 2. The zero-order valence-electron chi connectivity index (χ0n) is 15.3. The number of urea groups is 1. The molecule has 5 nitrogen and oxygen atoms in total. The van der Waals surface area contributed by atoms with Crippen molar-refractivity contribution in [2.45, 2.75) is 26.7 Å². The molecule has 2 rings (SSSR count). The predicted octanol–water partition coefficient (Wildman–Crippen LogP) is 3.94. The highest BCUT2D eigenvalue weighted by Crippen LogP contribution is 2.27. The van der Waals surface area contributed by atoms with Crippen LogP contribution < -0.4 is 20.1 Å². The fraction of sp³-hybridized carbons (Fsp3) is 0.350. The van der Waals surface area contributed by atoms with Gasteiger partial charge in [0.2, 0.25) is 0 Å². The van der Waals surface area contributed by atoms with Crippen LogP contribution in [-0.2, 0) is 12.8 Å². The van der Waals surface area contributed by atoms with E-state index in [1.807, 2.05) is 43.3 Å². The van der Waals surface area contributed by atoms with Crippen LogP contribution in [0.1, 0.15) is 23.6 Å². The number of amides is 2. The molecule has 0 radical (unpaired) electrons. The maximum atomic E-state index is 12.2. The molecule has 0 bridgehead atoms. The molecule has 0 aliphatic rings. The van der Waals surface area contributed by atoms with Crippen LogP contribution in [0.15, 0.2) is 36.4 Å². The van der Waals surface area contributed by atoms with Gasteiger partial charge in [-0.3, -0.25) is 0 Å². The Hall–Kier alpha value is -2.69. The van der Waals surface area contributed by atoms with Crippen molar-refractivity contribution in [3.63, 3.8) is 0 Å². The van der Waals surface area contributed by atoms with Gasteiger partial charge in [-0.15, -0.1) is 0 Å². The van der Waals surface area contributed by atoms with E-state index >= 15 is 0 Å². The van der Waals surface area contributed by atoms with Gasteiger partial charge in [-0.05, 0) is 48.6 Å². The third-order valence-corrected chi connectivity index (χ3v) is 4.13. The van der Waals surface area contributed by atoms with Crippen molar-refractivity contribution < 1.29 is 14.3 Å². The first-order valence-corrected chi connectivity index (χ1v) is 8.43. The number of benzene rings is 2. The summed E-state index contributed by atoms with van der Waals surface area (Å²) in [4.78, 5) is 12.2. The van der Waals surface area contributed by atoms with Gasteiger partial charge in [0.15, 0.2) is 11.5 Å². The molecule has 134 valence electrons. The van der Waals surface area contributed by atoms with Gasteiger partial charge in [0.05, 0.1) is 14.2 Å². The van der Waals surface area contributed by atoms with E-state index in [1.54, 1.807) is 14.2 Å². The maximum absolute atomic E-state index is 12.2. The van der Waals surface area contributed by atoms with E-state index in [2.05, 4.69) is 17.6 Å². The van der Waals surface area contributed by atoms with Crippen molar-refractivity contribution in [1.29, 1.82) is 0 Å². The lowest BCUT2D eigenvalue weighted by molar-refractivity contribution is 0.252. The van der Waals surface area contributed by atoms with Crippen molar-refractivity contribution >= 4 is 11.7 Å². The Balaban J connectivity index is 1.91. The number of anilines is 1. The first kappa shape index (κ1) is 18.6. The Morgan fingerprint density at radius 3 is 2.52 bits per heavy atom. The SMILES string of the molecule is CCc1cccc(C)c1NC(=O)NCCc1ccc(OC)c(OC)c1. The minimum atomic E-state index is -0.190. The van der Waals surface area contributed by atoms with Crippen molar-refractivity contribution in [2.75, 3.05) is 26.1 Å². The number of methoxy groups -OCH3 is 2. The molecule has 2 aromatic carbocycles. The number of ether oxygens (including phenoxy) is 2. The van der Waals surface area contributed by atoms with Gasteiger partial charge in [-0.1, -0.05) is 31.2 Å². The van der Waals surface area contributed by atoms with Crippen LogP contribution in [0.5, 0.6) is 11.5 Å². The van der Waals surface area contributed by atoms with Crippen LogP contribution in [0.4, 0.5) is 10.5 Å². The lowest BCUT2D eigenvalue weighted by atomic mass is 10.1. The molecule has 0 saturated heterocycles. The van der Waals surface area contributed by atoms with Crippen molar-refractivity contribution in [3.05, 3.63) is 53.1 Å². The summed E-state index contributed by atoms with van der Waals surface area (Å²) in [5, 5.41) is 5.86. The molecule has 25 heavy (non-hydrogen) atoms. The zero-order chi connectivity index (χ0) is 18.2. The second-order valence-electron chi connectivity index (χ2n) is 5.78. The number of aryl methyl sites for hydroxylation is 2. The molecule has 5 heteroatoms. The fourth-order valence-electron chi connectivity index (χ4n) is 2.72. The largest absolute Gasteiger partial charge is 0.493 e. The van der Waals surface area contributed by atoms with E-state index in [-0.39, 0.29) is 6.03 Å². The van der Waals surface area contributed by atoms with Gasteiger partial charge in [0.25, 0.3) is 0 Å². The number of carbonyl (C=O) groups excluding carboxylic acids is 1. The van der Waals surface area contributed by atoms with Crippen LogP contribution in [-0.4, -0.2) is 26.8 Å². The molecule has 0 aromatic heterocycles. The van der Waals surface area contributed by atoms with Crippen LogP contribution in [0, 0.1) is 6.92 Å². The molecule has 0 atom stereocenters. The van der Waals surface area contributed by atoms with Gasteiger partial charge >= 0.3 is 6.03 Å². The molecule has 0 fully saturated rings. The maximum Gasteiger partial charge on any atom is 0.319 e. The summed E-state index contributed by atoms with van der Waals surface area (Å²) in [6, 6.07) is 11.6. The van der Waals surface area contributed by atoms with Crippen molar-refractivity contribution in [2.24, 2.45) is 0 Å². The highest BCUT2D eigenvalue weighted by atomic mass is 16.5. The Labute approximate surface area is 149 Å². The predicted molar refractivity (Wildman–Crippen MR) is 101 cm³/mol. The molecule has 0 saturated carbocycles. The number of hydrogen-bond acceptors (Lipinski definition) is 3. The lowest BCUT2D eigenvalue weighted by Crippen LogP contribution is -2.31. The number of para-hydroxylation sites is 1. The van der Waals surface area contributed by atoms with Gasteiger partial charge in [-0.25, -0.2) is 4.79 Å². The second-order valence-corrected chi connectivity index (χ2v) is 5.78. The van der Waals surface area contributed by atoms with Crippen LogP contribution in [0.2, 0.25) is 0 Å². The standard InChI is InChI=1S/C20H26N2O3/c1-5-16-8-6-7-14(2)19(16)22-20(23)21-12-11-15-9-10-17(24-3)18(13-15)25-4/h6-10,13H,5,11-12H2,1-4H3,(H2,21,22,23). The number of rotatable bonds is 7. The molecular formula is C20H26N2O3. The van der Waals surface area contributed by atoms with E-state index in [0.717, 1.165) is 28.8 Å². The molecule has 0 heterocycles. The Bertz CT molecular complexity index is 729. The summed E-state index contributed by atoms with van der Waals surface area (Å²) in [7, 11) is 3.22. The van der Waals surface area contributed by atoms with Crippen LogP contribution in [0.3, 0.4) is 0 Å². The smallest absolute Gasteiger partial charge is 0.319 e. The van der Waals surface area contributed by atoms with Crippen molar-refractivity contribution in [3.8, 4) is 11.5 Å². The summed E-state index contributed by atoms with van der Waals surface area (Å²) in [5.74, 6) is 1.39. The molecule has 0 aliphatic heterocycles. The molecule has 0 unspecified atom stereocenters. The van der Waals surface area contributed by atoms with E-state index < -0.39 is 0 Å². The molecule has 0 spiro atoms. The van der Waals surface area contributed by atoms with Gasteiger partial charge < -0.3 is 20.1 Å². The van der Waals surface area contributed by atoms with Gasteiger partial charge in [0, 0.05) is 12.2 Å². The third-order valence-electron chi connectivity index (χ3n) is 4.13. The highest BCUT2D eigenvalue weighted by Gasteiger charge is 2.09. The van der Waals surface area contributed by atoms with E-state index in [1.165, 1.54) is 0 Å². The average Bonchev–Trinajstić information content (AvgIpc) is 2.63. The first-order chi connectivity index (χ1) is 12.1. The normalized spacial score (nSPS) is 10.2. The Kier molecular flexibility index (Phi) is 6.69. The van der Waals surface area contributed by atoms with Crippen molar-refractivity contribution in [1.82, 2.24) is 5.32 Å². The second kappa shape index (κ2) is 8.97. The summed E-state index contributed by atoms with van der Waals surface area (Å²) in [5.41, 5.74) is 4.17. The summed E-state index contributed by atoms with van der Waals surface area (Å²) in [6.45, 7) is 4.61. The first-order valence-electron chi connectivity index (χ1n) is 8.43. The van der Waals surface area contributed by atoms with Crippen LogP contribution >= 0.6 is 0 Å². The lowest BCUT2D eigenvalue weighted by Gasteiger charge is -2.14. The van der Waals surface area contributed by atoms with Gasteiger partial charge in [0.1, 0.15) is 0 Å². The summed E-state index contributed by atoms with van der Waals surface area (Å²) in [6.07, 6.45) is 1.59. The molecular weight excluding hydrogens is 316 g/mol. The zero-order valence-corrected chi connectivity index (χ0v) is 15.3. The van der Waals surface area contributed by atoms with Crippen LogP contribution in [0.25, 0.3) is 0 Å². The third kappa shape index (κ3) is 4.89. The Morgan fingerprint density at radius 1 is 1.08 bits per heavy atom. The average molecular weight is 342 g/mol. The molecule has 2 N–H and O–H groups in total. The minimum absolute atomic E-state index is 0.190. The summed E-state index contributed by atoms with van der Waals surface area (Å²) < 4.78 is 10.5. The molecule has 0 aliphatic carbocycles. The molecule has 2 amide bonds. The minimum Gasteiger partial charge on any atom is -0.493 e. The van der Waals surface area contributed by atoms with E-state index in [0.29, 0.717) is 24.5 Å². The highest BCUT2D eigenvalue weighted by molar-refractivity contribution is 5.91. The number of carbonyl (C=O) groups is 1. The fourth-order valence-corrected chi connectivity index (χ4v) is 2.72. The monoisotopic (exact) mass is 342 g/mol. The molecule has 2 aromatic rings. The van der Waals surface area contributed by atoms with E-state index in [4.69, 9.17) is 9.47 Å². The van der Waals surface area contributed by atoms with Gasteiger partial charge in [-0.2, -0.15) is 0 Å².